The molecule has 1 aromatic carbocycles. The lowest BCUT2D eigenvalue weighted by Gasteiger charge is -2.32. The number of fused-ring (bicyclic) bond motifs is 1. The molecule has 0 unspecified atom stereocenters. The predicted octanol–water partition coefficient (Wildman–Crippen LogP) is 4.39. The number of aromatic amines is 1. The Balaban J connectivity index is 0.00000225. The third-order valence-electron chi connectivity index (χ3n) is 4.46. The monoisotopic (exact) mass is 473 g/mol. The molecule has 0 radical (unpaired) electrons. The Morgan fingerprint density at radius 3 is 2.50 bits per heavy atom. The first kappa shape index (κ1) is 20.5. The van der Waals surface area contributed by atoms with Gasteiger partial charge in [-0.15, -0.1) is 0 Å². The zero-order valence-electron chi connectivity index (χ0n) is 14.5. The van der Waals surface area contributed by atoms with Crippen LogP contribution in [0.2, 0.25) is 0 Å². The normalized spacial score (nSPS) is 16.7. The Morgan fingerprint density at radius 2 is 1.93 bits per heavy atom. The third kappa shape index (κ3) is 3.32. The minimum absolute atomic E-state index is 0. The van der Waals surface area contributed by atoms with Gasteiger partial charge in [-0.3, -0.25) is 9.48 Å². The molecule has 1 amide bonds. The smallest absolute Gasteiger partial charge is 0.339 e. The van der Waals surface area contributed by atoms with Gasteiger partial charge >= 0.3 is 6.18 Å². The molecule has 0 saturated carbocycles. The fraction of sp³-hybridized carbons (Fsp3) is 0.235. The number of hydrogen-bond donors (Lipinski definition) is 1. The number of anilines is 1. The summed E-state index contributed by atoms with van der Waals surface area (Å²) in [4.78, 5) is 21.7. The SMILES string of the molecule is C[C@H]1CN(c2ccc(C(F)(F)F)cc2)C(=O)c2c(-c3nc[nH]c3Br)cnn21.S. The first-order valence-electron chi connectivity index (χ1n) is 8.03. The molecule has 0 saturated heterocycles. The van der Waals surface area contributed by atoms with Crippen molar-refractivity contribution in [1.82, 2.24) is 19.7 Å². The van der Waals surface area contributed by atoms with Gasteiger partial charge in [-0.25, -0.2) is 4.98 Å². The van der Waals surface area contributed by atoms with Crippen LogP contribution in [0.25, 0.3) is 11.3 Å². The molecule has 0 aliphatic carbocycles. The third-order valence-corrected chi connectivity index (χ3v) is 5.07. The summed E-state index contributed by atoms with van der Waals surface area (Å²) in [5.74, 6) is -0.338. The quantitative estimate of drug-likeness (QED) is 0.600. The van der Waals surface area contributed by atoms with Gasteiger partial charge in [0.15, 0.2) is 0 Å². The standard InChI is InChI=1S/C17H13BrF3N5O.H2S/c1-9-7-25(11-4-2-10(3-5-11)17(19,20)21)16(27)14-12(6-24-26(9)14)13-15(18)23-8-22-13;/h2-6,8-9H,7H2,1H3,(H,22,23);1H2/t9-;/m0./s1. The lowest BCUT2D eigenvalue weighted by Crippen LogP contribution is -2.42. The summed E-state index contributed by atoms with van der Waals surface area (Å²) >= 11 is 3.35. The molecule has 0 fully saturated rings. The Bertz CT molecular complexity index is 1010. The second kappa shape index (κ2) is 7.28. The summed E-state index contributed by atoms with van der Waals surface area (Å²) in [5.41, 5.74) is 1.10. The molecule has 4 rings (SSSR count). The topological polar surface area (TPSA) is 66.8 Å². The van der Waals surface area contributed by atoms with Gasteiger partial charge in [-0.05, 0) is 47.1 Å². The van der Waals surface area contributed by atoms with Crippen LogP contribution in [0.5, 0.6) is 0 Å². The number of aromatic nitrogens is 4. The van der Waals surface area contributed by atoms with Gasteiger partial charge in [0.25, 0.3) is 5.91 Å². The molecule has 11 heteroatoms. The highest BCUT2D eigenvalue weighted by atomic mass is 79.9. The van der Waals surface area contributed by atoms with Crippen molar-refractivity contribution >= 4 is 41.0 Å². The molecule has 3 heterocycles. The molecular weight excluding hydrogens is 459 g/mol. The van der Waals surface area contributed by atoms with Crippen LogP contribution in [0.3, 0.4) is 0 Å². The second-order valence-electron chi connectivity index (χ2n) is 6.23. The summed E-state index contributed by atoms with van der Waals surface area (Å²) in [7, 11) is 0. The van der Waals surface area contributed by atoms with E-state index in [0.717, 1.165) is 12.1 Å². The van der Waals surface area contributed by atoms with Gasteiger partial charge < -0.3 is 9.88 Å². The van der Waals surface area contributed by atoms with E-state index in [0.29, 0.717) is 33.8 Å². The van der Waals surface area contributed by atoms with Crippen molar-refractivity contribution in [2.75, 3.05) is 11.4 Å². The van der Waals surface area contributed by atoms with Crippen LogP contribution in [-0.4, -0.2) is 32.2 Å². The molecule has 0 spiro atoms. The largest absolute Gasteiger partial charge is 0.416 e. The molecule has 148 valence electrons. The molecule has 3 aromatic rings. The van der Waals surface area contributed by atoms with Crippen molar-refractivity contribution in [1.29, 1.82) is 0 Å². The molecular formula is C17H15BrF3N5OS. The summed E-state index contributed by atoms with van der Waals surface area (Å²) in [6.07, 6.45) is -1.36. The molecule has 28 heavy (non-hydrogen) atoms. The number of halogens is 4. The van der Waals surface area contributed by atoms with Crippen LogP contribution in [0, 0.1) is 0 Å². The minimum Gasteiger partial charge on any atom is -0.339 e. The van der Waals surface area contributed by atoms with E-state index in [1.807, 2.05) is 6.92 Å². The lowest BCUT2D eigenvalue weighted by atomic mass is 10.1. The van der Waals surface area contributed by atoms with E-state index in [-0.39, 0.29) is 25.4 Å². The van der Waals surface area contributed by atoms with Crippen LogP contribution >= 0.6 is 29.4 Å². The number of benzene rings is 1. The molecule has 1 atom stereocenters. The zero-order valence-corrected chi connectivity index (χ0v) is 17.0. The Kier molecular flexibility index (Phi) is 5.32. The van der Waals surface area contributed by atoms with Crippen molar-refractivity contribution < 1.29 is 18.0 Å². The number of carbonyl (C=O) groups is 1. The summed E-state index contributed by atoms with van der Waals surface area (Å²) < 4.78 is 40.6. The lowest BCUT2D eigenvalue weighted by molar-refractivity contribution is -0.137. The van der Waals surface area contributed by atoms with E-state index >= 15 is 0 Å². The first-order valence-corrected chi connectivity index (χ1v) is 8.82. The van der Waals surface area contributed by atoms with Crippen LogP contribution in [-0.2, 0) is 6.18 Å². The number of carbonyl (C=O) groups excluding carboxylic acids is 1. The molecule has 6 nitrogen and oxygen atoms in total. The zero-order chi connectivity index (χ0) is 19.3. The maximum Gasteiger partial charge on any atom is 0.416 e. The van der Waals surface area contributed by atoms with E-state index < -0.39 is 11.7 Å². The predicted molar refractivity (Wildman–Crippen MR) is 106 cm³/mol. The molecule has 1 aliphatic heterocycles. The Hall–Kier alpha value is -2.27. The number of H-pyrrole nitrogens is 1. The first-order chi connectivity index (χ1) is 12.8. The van der Waals surface area contributed by atoms with Crippen molar-refractivity contribution in [2.45, 2.75) is 19.1 Å². The fourth-order valence-electron chi connectivity index (χ4n) is 3.15. The van der Waals surface area contributed by atoms with E-state index in [1.54, 1.807) is 10.9 Å². The van der Waals surface area contributed by atoms with Gasteiger partial charge in [0.2, 0.25) is 0 Å². The average Bonchev–Trinajstić information content (AvgIpc) is 3.23. The number of amides is 1. The number of hydrogen-bond acceptors (Lipinski definition) is 3. The molecule has 2 aromatic heterocycles. The van der Waals surface area contributed by atoms with Crippen molar-refractivity contribution in [2.24, 2.45) is 0 Å². The molecule has 0 bridgehead atoms. The highest BCUT2D eigenvalue weighted by Gasteiger charge is 2.35. The number of nitrogens with one attached hydrogen (secondary N) is 1. The van der Waals surface area contributed by atoms with Gasteiger partial charge in [-0.1, -0.05) is 0 Å². The second-order valence-corrected chi connectivity index (χ2v) is 7.02. The van der Waals surface area contributed by atoms with Gasteiger partial charge in [0.1, 0.15) is 16.0 Å². The Labute approximate surface area is 173 Å². The van der Waals surface area contributed by atoms with Gasteiger partial charge in [-0.2, -0.15) is 31.8 Å². The summed E-state index contributed by atoms with van der Waals surface area (Å²) in [6, 6.07) is 4.42. The summed E-state index contributed by atoms with van der Waals surface area (Å²) in [5, 5.41) is 4.31. The van der Waals surface area contributed by atoms with E-state index in [2.05, 4.69) is 31.0 Å². The van der Waals surface area contributed by atoms with Gasteiger partial charge in [0, 0.05) is 12.2 Å². The Morgan fingerprint density at radius 1 is 1.25 bits per heavy atom. The van der Waals surface area contributed by atoms with Crippen molar-refractivity contribution in [3.8, 4) is 11.3 Å². The van der Waals surface area contributed by atoms with Crippen molar-refractivity contribution in [3.05, 3.63) is 52.7 Å². The highest BCUT2D eigenvalue weighted by Crippen LogP contribution is 2.35. The maximum atomic E-state index is 13.1. The van der Waals surface area contributed by atoms with Crippen LogP contribution in [0.4, 0.5) is 18.9 Å². The fourth-order valence-corrected chi connectivity index (χ4v) is 3.57. The van der Waals surface area contributed by atoms with E-state index in [4.69, 9.17) is 0 Å². The maximum absolute atomic E-state index is 13.1. The van der Waals surface area contributed by atoms with Crippen LogP contribution < -0.4 is 4.90 Å². The average molecular weight is 474 g/mol. The van der Waals surface area contributed by atoms with E-state index in [1.165, 1.54) is 23.4 Å². The number of alkyl halides is 3. The van der Waals surface area contributed by atoms with Crippen LogP contribution in [0.15, 0.2) is 41.4 Å². The van der Waals surface area contributed by atoms with E-state index in [9.17, 15) is 18.0 Å². The van der Waals surface area contributed by atoms with Gasteiger partial charge in [0.05, 0.1) is 29.7 Å². The highest BCUT2D eigenvalue weighted by molar-refractivity contribution is 9.10. The minimum atomic E-state index is -4.42. The van der Waals surface area contributed by atoms with Crippen LogP contribution in [0.1, 0.15) is 29.0 Å². The number of imidazole rings is 1. The van der Waals surface area contributed by atoms with Crippen molar-refractivity contribution in [3.63, 3.8) is 0 Å². The molecule has 1 N–H and O–H groups in total. The number of nitrogens with zero attached hydrogens (tertiary/aromatic N) is 4. The number of rotatable bonds is 2. The molecule has 1 aliphatic rings. The summed E-state index contributed by atoms with van der Waals surface area (Å²) in [6.45, 7) is 2.20.